The Labute approximate surface area is 248 Å². The third-order valence-corrected chi connectivity index (χ3v) is 7.23. The molecule has 0 heterocycles. The van der Waals surface area contributed by atoms with Crippen LogP contribution in [-0.2, 0) is 0 Å². The van der Waals surface area contributed by atoms with Crippen molar-refractivity contribution >= 4 is 17.7 Å². The normalized spacial score (nSPS) is 13.1. The van der Waals surface area contributed by atoms with Crippen molar-refractivity contribution in [2.75, 3.05) is 0 Å². The molecule has 0 fully saturated rings. The number of rotatable bonds is 7. The molecule has 4 aromatic carbocycles. The molecule has 0 radical (unpaired) electrons. The fourth-order valence-corrected chi connectivity index (χ4v) is 4.69. The maximum absolute atomic E-state index is 4.22. The summed E-state index contributed by atoms with van der Waals surface area (Å²) in [4.78, 5) is 0. The molecular formula is C41H44. The SMILES string of the molecule is C/C=C/C=C(C)/C(=C/C=C(\C)c1ccccc1)CC.C=c1cccc/c1=C(\c1ccc(C)cc1)c1ccccc1C. The zero-order valence-electron chi connectivity index (χ0n) is 25.6. The Hall–Kier alpha value is -4.42. The molecule has 4 rings (SSSR count). The first-order valence-corrected chi connectivity index (χ1v) is 14.5. The summed E-state index contributed by atoms with van der Waals surface area (Å²) in [6.45, 7) is 17.1. The summed E-state index contributed by atoms with van der Waals surface area (Å²) in [5.74, 6) is 0. The first-order chi connectivity index (χ1) is 19.8. The highest BCUT2D eigenvalue weighted by Crippen LogP contribution is 2.24. The van der Waals surface area contributed by atoms with E-state index in [0.29, 0.717) is 0 Å². The van der Waals surface area contributed by atoms with E-state index < -0.39 is 0 Å². The quantitative estimate of drug-likeness (QED) is 0.206. The van der Waals surface area contributed by atoms with Crippen molar-refractivity contribution in [1.82, 2.24) is 0 Å². The van der Waals surface area contributed by atoms with Crippen LogP contribution >= 0.6 is 0 Å². The molecule has 0 saturated heterocycles. The van der Waals surface area contributed by atoms with E-state index in [0.717, 1.165) is 11.6 Å². The lowest BCUT2D eigenvalue weighted by Gasteiger charge is -2.12. The Balaban J connectivity index is 0.000000229. The van der Waals surface area contributed by atoms with E-state index in [-0.39, 0.29) is 0 Å². The molecule has 0 heteroatoms. The second-order valence-corrected chi connectivity index (χ2v) is 10.3. The minimum absolute atomic E-state index is 1.05. The summed E-state index contributed by atoms with van der Waals surface area (Å²) >= 11 is 0. The van der Waals surface area contributed by atoms with Crippen molar-refractivity contribution in [3.8, 4) is 0 Å². The Morgan fingerprint density at radius 3 is 1.95 bits per heavy atom. The van der Waals surface area contributed by atoms with E-state index in [4.69, 9.17) is 0 Å². The summed E-state index contributed by atoms with van der Waals surface area (Å²) in [5.41, 5.74) is 11.6. The lowest BCUT2D eigenvalue weighted by molar-refractivity contribution is 1.10. The number of hydrogen-bond donors (Lipinski definition) is 0. The fraction of sp³-hybridized carbons (Fsp3) is 0.171. The zero-order chi connectivity index (χ0) is 29.6. The number of hydrogen-bond acceptors (Lipinski definition) is 0. The van der Waals surface area contributed by atoms with Crippen LogP contribution in [0.25, 0.3) is 17.7 Å². The largest absolute Gasteiger partial charge is 0.0911 e. The van der Waals surface area contributed by atoms with Crippen LogP contribution in [0.5, 0.6) is 0 Å². The highest BCUT2D eigenvalue weighted by molar-refractivity contribution is 5.81. The van der Waals surface area contributed by atoms with Crippen LogP contribution in [0.4, 0.5) is 0 Å². The highest BCUT2D eigenvalue weighted by Gasteiger charge is 2.09. The van der Waals surface area contributed by atoms with Gasteiger partial charge in [0, 0.05) is 0 Å². The first-order valence-electron chi connectivity index (χ1n) is 14.5. The average molecular weight is 537 g/mol. The predicted molar refractivity (Wildman–Crippen MR) is 182 cm³/mol. The molecule has 0 aromatic heterocycles. The predicted octanol–water partition coefficient (Wildman–Crippen LogP) is 9.91. The molecule has 0 unspecified atom stereocenters. The van der Waals surface area contributed by atoms with Crippen LogP contribution < -0.4 is 10.4 Å². The fourth-order valence-electron chi connectivity index (χ4n) is 4.69. The van der Waals surface area contributed by atoms with Crippen molar-refractivity contribution in [3.63, 3.8) is 0 Å². The van der Waals surface area contributed by atoms with Gasteiger partial charge in [0.05, 0.1) is 0 Å². The molecule has 0 bridgehead atoms. The summed E-state index contributed by atoms with van der Waals surface area (Å²) in [5, 5.41) is 2.25. The Morgan fingerprint density at radius 2 is 1.32 bits per heavy atom. The van der Waals surface area contributed by atoms with E-state index in [2.05, 4.69) is 163 Å². The van der Waals surface area contributed by atoms with Crippen LogP contribution in [0, 0.1) is 13.8 Å². The van der Waals surface area contributed by atoms with Gasteiger partial charge in [0.25, 0.3) is 0 Å². The van der Waals surface area contributed by atoms with E-state index in [1.165, 1.54) is 55.3 Å². The van der Waals surface area contributed by atoms with Crippen LogP contribution in [0.3, 0.4) is 0 Å². The molecule has 0 amide bonds. The van der Waals surface area contributed by atoms with Crippen molar-refractivity contribution in [3.05, 3.63) is 183 Å². The third kappa shape index (κ3) is 9.05. The summed E-state index contributed by atoms with van der Waals surface area (Å²) in [6.07, 6.45) is 11.8. The van der Waals surface area contributed by atoms with Gasteiger partial charge in [-0.1, -0.05) is 153 Å². The van der Waals surface area contributed by atoms with Gasteiger partial charge in [-0.2, -0.15) is 0 Å². The molecular weight excluding hydrogens is 492 g/mol. The summed E-state index contributed by atoms with van der Waals surface area (Å²) in [7, 11) is 0. The second-order valence-electron chi connectivity index (χ2n) is 10.3. The monoisotopic (exact) mass is 536 g/mol. The standard InChI is InChI=1S/C22H20.C19H24/c1-16-12-14-19(15-13-16)22(20-10-6-4-8-17(20)2)21-11-7-5-9-18(21)3;1-5-7-11-16(3)18(6-2)15-14-17(4)19-12-9-8-10-13-19/h4-15H,2H2,1,3H3;5,7-15H,6H2,1-4H3/b22-20-;7-5+,16-11+,17-14+,18-15+. The lowest BCUT2D eigenvalue weighted by atomic mass is 9.91. The van der Waals surface area contributed by atoms with Crippen molar-refractivity contribution < 1.29 is 0 Å². The van der Waals surface area contributed by atoms with Gasteiger partial charge in [-0.3, -0.25) is 0 Å². The van der Waals surface area contributed by atoms with E-state index >= 15 is 0 Å². The topological polar surface area (TPSA) is 0 Å². The Kier molecular flexibility index (Phi) is 12.1. The maximum Gasteiger partial charge on any atom is -0.00304 e. The van der Waals surface area contributed by atoms with Gasteiger partial charge >= 0.3 is 0 Å². The van der Waals surface area contributed by atoms with Crippen LogP contribution in [0.15, 0.2) is 145 Å². The molecule has 0 spiro atoms. The molecule has 0 aliphatic heterocycles. The van der Waals surface area contributed by atoms with Crippen LogP contribution in [0.1, 0.15) is 61.9 Å². The second kappa shape index (κ2) is 16.0. The maximum atomic E-state index is 4.22. The van der Waals surface area contributed by atoms with Crippen molar-refractivity contribution in [2.24, 2.45) is 0 Å². The Morgan fingerprint density at radius 1 is 0.683 bits per heavy atom. The zero-order valence-corrected chi connectivity index (χ0v) is 25.6. The number of allylic oxidation sites excluding steroid dienone is 8. The summed E-state index contributed by atoms with van der Waals surface area (Å²) in [6, 6.07) is 36.1. The molecule has 208 valence electrons. The minimum Gasteiger partial charge on any atom is -0.0911 e. The van der Waals surface area contributed by atoms with Gasteiger partial charge in [-0.05, 0) is 96.0 Å². The molecule has 4 aromatic rings. The molecule has 41 heavy (non-hydrogen) atoms. The van der Waals surface area contributed by atoms with Gasteiger partial charge in [0.15, 0.2) is 0 Å². The third-order valence-electron chi connectivity index (χ3n) is 7.23. The van der Waals surface area contributed by atoms with Gasteiger partial charge in [0.1, 0.15) is 0 Å². The van der Waals surface area contributed by atoms with E-state index in [1.54, 1.807) is 0 Å². The molecule has 0 saturated carbocycles. The van der Waals surface area contributed by atoms with Crippen LogP contribution in [0.2, 0.25) is 0 Å². The van der Waals surface area contributed by atoms with Gasteiger partial charge in [0.2, 0.25) is 0 Å². The van der Waals surface area contributed by atoms with Crippen LogP contribution in [-0.4, -0.2) is 0 Å². The van der Waals surface area contributed by atoms with Crippen molar-refractivity contribution in [1.29, 1.82) is 0 Å². The molecule has 0 N–H and O–H groups in total. The van der Waals surface area contributed by atoms with E-state index in [9.17, 15) is 0 Å². The Bertz CT molecular complexity index is 1640. The van der Waals surface area contributed by atoms with Gasteiger partial charge < -0.3 is 0 Å². The summed E-state index contributed by atoms with van der Waals surface area (Å²) < 4.78 is 0. The molecule has 0 nitrogen and oxygen atoms in total. The molecule has 0 aliphatic rings. The van der Waals surface area contributed by atoms with Gasteiger partial charge in [-0.15, -0.1) is 0 Å². The first kappa shape index (κ1) is 31.1. The molecule has 0 atom stereocenters. The molecule has 0 aliphatic carbocycles. The number of aryl methyl sites for hydroxylation is 2. The minimum atomic E-state index is 1.05. The van der Waals surface area contributed by atoms with E-state index in [1.807, 2.05) is 19.1 Å². The smallest absolute Gasteiger partial charge is 0.00304 e. The average Bonchev–Trinajstić information content (AvgIpc) is 3.00. The number of benzene rings is 4. The van der Waals surface area contributed by atoms with Crippen molar-refractivity contribution in [2.45, 2.75) is 48.0 Å². The van der Waals surface area contributed by atoms with Gasteiger partial charge in [-0.25, -0.2) is 0 Å². The highest BCUT2D eigenvalue weighted by atomic mass is 14.1. The lowest BCUT2D eigenvalue weighted by Crippen LogP contribution is -2.26.